The highest BCUT2D eigenvalue weighted by atomic mass is 16.5. The van der Waals surface area contributed by atoms with Gasteiger partial charge in [0.25, 0.3) is 11.8 Å². The van der Waals surface area contributed by atoms with E-state index in [1.165, 1.54) is 39.7 Å². The summed E-state index contributed by atoms with van der Waals surface area (Å²) < 4.78 is 15.6. The van der Waals surface area contributed by atoms with E-state index < -0.39 is 11.8 Å². The quantitative estimate of drug-likeness (QED) is 0.797. The molecule has 0 fully saturated rings. The number of benzene rings is 1. The molecular weight excluding hydrogens is 326 g/mol. The minimum absolute atomic E-state index is 0.233. The molecule has 0 saturated heterocycles. The van der Waals surface area contributed by atoms with Crippen molar-refractivity contribution in [1.82, 2.24) is 15.8 Å². The summed E-state index contributed by atoms with van der Waals surface area (Å²) in [5.41, 5.74) is 6.02. The summed E-state index contributed by atoms with van der Waals surface area (Å²) >= 11 is 0. The molecule has 2 aromatic rings. The van der Waals surface area contributed by atoms with Gasteiger partial charge in [0.05, 0.1) is 26.9 Å². The topological polar surface area (TPSA) is 98.8 Å². The van der Waals surface area contributed by atoms with Crippen LogP contribution in [-0.2, 0) is 0 Å². The fourth-order valence-electron chi connectivity index (χ4n) is 2.07. The number of aryl methyl sites for hydroxylation is 1. The number of carbonyl (C=O) groups excluding carboxylic acids is 2. The summed E-state index contributed by atoms with van der Waals surface area (Å²) in [7, 11) is 4.37. The molecule has 8 nitrogen and oxygen atoms in total. The maximum absolute atomic E-state index is 12.3. The SMILES string of the molecule is COc1cc(C(=O)NNC(=O)c2ccc(C)nc2)cc(OC)c1OC. The van der Waals surface area contributed by atoms with Crippen molar-refractivity contribution in [2.24, 2.45) is 0 Å². The highest BCUT2D eigenvalue weighted by Crippen LogP contribution is 2.38. The summed E-state index contributed by atoms with van der Waals surface area (Å²) in [4.78, 5) is 28.3. The molecule has 1 aromatic carbocycles. The van der Waals surface area contributed by atoms with Gasteiger partial charge in [-0.05, 0) is 31.2 Å². The predicted molar refractivity (Wildman–Crippen MR) is 90.0 cm³/mol. The van der Waals surface area contributed by atoms with E-state index in [9.17, 15) is 9.59 Å². The maximum atomic E-state index is 12.3. The van der Waals surface area contributed by atoms with Crippen molar-refractivity contribution in [3.8, 4) is 17.2 Å². The van der Waals surface area contributed by atoms with Crippen molar-refractivity contribution >= 4 is 11.8 Å². The lowest BCUT2D eigenvalue weighted by Crippen LogP contribution is -2.41. The van der Waals surface area contributed by atoms with Crippen molar-refractivity contribution in [3.05, 3.63) is 47.3 Å². The molecule has 1 heterocycles. The number of carbonyl (C=O) groups is 2. The van der Waals surface area contributed by atoms with E-state index in [0.29, 0.717) is 22.8 Å². The predicted octanol–water partition coefficient (Wildman–Crippen LogP) is 1.49. The Labute approximate surface area is 145 Å². The van der Waals surface area contributed by atoms with Gasteiger partial charge in [-0.2, -0.15) is 0 Å². The first-order chi connectivity index (χ1) is 12.0. The number of ether oxygens (including phenoxy) is 3. The summed E-state index contributed by atoms with van der Waals surface area (Å²) in [6.45, 7) is 1.81. The van der Waals surface area contributed by atoms with Crippen LogP contribution in [0.2, 0.25) is 0 Å². The van der Waals surface area contributed by atoms with Gasteiger partial charge >= 0.3 is 0 Å². The zero-order valence-electron chi connectivity index (χ0n) is 14.4. The molecule has 8 heteroatoms. The third kappa shape index (κ3) is 4.17. The monoisotopic (exact) mass is 345 g/mol. The molecule has 2 amide bonds. The third-order valence-corrected chi connectivity index (χ3v) is 3.39. The molecule has 0 spiro atoms. The molecule has 2 rings (SSSR count). The lowest BCUT2D eigenvalue weighted by Gasteiger charge is -2.14. The van der Waals surface area contributed by atoms with E-state index >= 15 is 0 Å². The van der Waals surface area contributed by atoms with Crippen LogP contribution in [0.3, 0.4) is 0 Å². The van der Waals surface area contributed by atoms with Crippen molar-refractivity contribution in [3.63, 3.8) is 0 Å². The maximum Gasteiger partial charge on any atom is 0.271 e. The molecule has 0 radical (unpaired) electrons. The van der Waals surface area contributed by atoms with Crippen LogP contribution < -0.4 is 25.1 Å². The highest BCUT2D eigenvalue weighted by molar-refractivity contribution is 5.99. The van der Waals surface area contributed by atoms with E-state index in [1.54, 1.807) is 12.1 Å². The molecule has 1 aromatic heterocycles. The van der Waals surface area contributed by atoms with Gasteiger partial charge in [0.2, 0.25) is 5.75 Å². The van der Waals surface area contributed by atoms with E-state index in [-0.39, 0.29) is 5.56 Å². The Morgan fingerprint density at radius 3 is 1.88 bits per heavy atom. The zero-order chi connectivity index (χ0) is 18.4. The minimum atomic E-state index is -0.535. The van der Waals surface area contributed by atoms with Crippen LogP contribution >= 0.6 is 0 Å². The fourth-order valence-corrected chi connectivity index (χ4v) is 2.07. The number of hydrazine groups is 1. The van der Waals surface area contributed by atoms with Gasteiger partial charge in [0, 0.05) is 17.5 Å². The van der Waals surface area contributed by atoms with Gasteiger partial charge in [-0.1, -0.05) is 0 Å². The fraction of sp³-hybridized carbons (Fsp3) is 0.235. The molecule has 0 aliphatic carbocycles. The highest BCUT2D eigenvalue weighted by Gasteiger charge is 2.17. The van der Waals surface area contributed by atoms with Crippen molar-refractivity contribution < 1.29 is 23.8 Å². The number of hydrogen-bond acceptors (Lipinski definition) is 6. The Bertz CT molecular complexity index is 749. The van der Waals surface area contributed by atoms with E-state index in [4.69, 9.17) is 14.2 Å². The first-order valence-corrected chi connectivity index (χ1v) is 7.33. The zero-order valence-corrected chi connectivity index (χ0v) is 14.4. The normalized spacial score (nSPS) is 9.92. The van der Waals surface area contributed by atoms with E-state index in [0.717, 1.165) is 5.69 Å². The Hall–Kier alpha value is -3.29. The first kappa shape index (κ1) is 18.1. The lowest BCUT2D eigenvalue weighted by molar-refractivity contribution is 0.0846. The Kier molecular flexibility index (Phi) is 5.78. The molecule has 132 valence electrons. The van der Waals surface area contributed by atoms with Crippen LogP contribution in [0.25, 0.3) is 0 Å². The van der Waals surface area contributed by atoms with Crippen molar-refractivity contribution in [1.29, 1.82) is 0 Å². The van der Waals surface area contributed by atoms with Crippen LogP contribution in [0.4, 0.5) is 0 Å². The number of nitrogens with one attached hydrogen (secondary N) is 2. The molecule has 25 heavy (non-hydrogen) atoms. The number of pyridine rings is 1. The number of aromatic nitrogens is 1. The van der Waals surface area contributed by atoms with Gasteiger partial charge in [-0.25, -0.2) is 0 Å². The lowest BCUT2D eigenvalue weighted by atomic mass is 10.1. The number of rotatable bonds is 5. The van der Waals surface area contributed by atoms with Gasteiger partial charge < -0.3 is 14.2 Å². The van der Waals surface area contributed by atoms with E-state index in [2.05, 4.69) is 15.8 Å². The Morgan fingerprint density at radius 1 is 0.880 bits per heavy atom. The van der Waals surface area contributed by atoms with E-state index in [1.807, 2.05) is 6.92 Å². The second kappa shape index (κ2) is 8.00. The third-order valence-electron chi connectivity index (χ3n) is 3.39. The summed E-state index contributed by atoms with van der Waals surface area (Å²) in [5, 5.41) is 0. The largest absolute Gasteiger partial charge is 0.493 e. The molecule has 0 bridgehead atoms. The van der Waals surface area contributed by atoms with Gasteiger partial charge in [0.1, 0.15) is 0 Å². The van der Waals surface area contributed by atoms with Crippen LogP contribution in [0.1, 0.15) is 26.4 Å². The van der Waals surface area contributed by atoms with Gasteiger partial charge in [0.15, 0.2) is 11.5 Å². The number of hydrogen-bond donors (Lipinski definition) is 2. The molecule has 0 aliphatic rings. The molecular formula is C17H19N3O5. The molecule has 0 saturated carbocycles. The van der Waals surface area contributed by atoms with Crippen molar-refractivity contribution in [2.75, 3.05) is 21.3 Å². The number of methoxy groups -OCH3 is 3. The van der Waals surface area contributed by atoms with Gasteiger partial charge in [-0.3, -0.25) is 25.4 Å². The standard InChI is InChI=1S/C17H19N3O5/c1-10-5-6-11(9-18-10)16(21)19-20-17(22)12-7-13(23-2)15(25-4)14(8-12)24-3/h5-9H,1-4H3,(H,19,21)(H,20,22). The average Bonchev–Trinajstić information content (AvgIpc) is 2.64. The van der Waals surface area contributed by atoms with Crippen molar-refractivity contribution in [2.45, 2.75) is 6.92 Å². The van der Waals surface area contributed by atoms with Gasteiger partial charge in [-0.15, -0.1) is 0 Å². The first-order valence-electron chi connectivity index (χ1n) is 7.33. The smallest absolute Gasteiger partial charge is 0.271 e. The Balaban J connectivity index is 2.12. The summed E-state index contributed by atoms with van der Waals surface area (Å²) in [6.07, 6.45) is 1.43. The molecule has 0 atom stereocenters. The summed E-state index contributed by atoms with van der Waals surface area (Å²) in [5.74, 6) is 0.0272. The number of nitrogens with zero attached hydrogens (tertiary/aromatic N) is 1. The molecule has 2 N–H and O–H groups in total. The van der Waals surface area contributed by atoms with Crippen LogP contribution in [0.15, 0.2) is 30.5 Å². The van der Waals surface area contributed by atoms with Crippen LogP contribution in [0.5, 0.6) is 17.2 Å². The minimum Gasteiger partial charge on any atom is -0.493 e. The van der Waals surface area contributed by atoms with Crippen LogP contribution in [0, 0.1) is 6.92 Å². The second-order valence-corrected chi connectivity index (χ2v) is 5.01. The molecule has 0 aliphatic heterocycles. The number of amides is 2. The second-order valence-electron chi connectivity index (χ2n) is 5.01. The molecule has 0 unspecified atom stereocenters. The Morgan fingerprint density at radius 2 is 1.44 bits per heavy atom. The summed E-state index contributed by atoms with van der Waals surface area (Å²) in [6, 6.07) is 6.28. The average molecular weight is 345 g/mol. The van der Waals surface area contributed by atoms with Crippen LogP contribution in [-0.4, -0.2) is 38.1 Å².